The standard InChI is InChI=1S/C30H36N4O5/c35-27(18-23(16-20-8-2-1-3-9-20)32-28(36)24-12-6-14-31-24)34-19-22-11-5-4-10-21(22)17-26(34)29(37)33-15-7-13-25(33)30(38)39/h1-5,8-11,23-26,31H,6-7,12-19H2,(H,32,36)(H,38,39). The molecule has 0 aliphatic carbocycles. The zero-order valence-corrected chi connectivity index (χ0v) is 22.1. The van der Waals surface area contributed by atoms with Crippen molar-refractivity contribution in [2.45, 2.75) is 75.7 Å². The Morgan fingerprint density at radius 2 is 1.67 bits per heavy atom. The molecule has 2 aromatic rings. The summed E-state index contributed by atoms with van der Waals surface area (Å²) in [5.74, 6) is -1.67. The zero-order chi connectivity index (χ0) is 27.4. The molecule has 3 heterocycles. The molecule has 3 aliphatic heterocycles. The molecule has 4 atom stereocenters. The van der Waals surface area contributed by atoms with Gasteiger partial charge in [-0.25, -0.2) is 4.79 Å². The molecule has 206 valence electrons. The zero-order valence-electron chi connectivity index (χ0n) is 22.1. The van der Waals surface area contributed by atoms with Gasteiger partial charge in [-0.15, -0.1) is 0 Å². The van der Waals surface area contributed by atoms with E-state index in [0.29, 0.717) is 32.2 Å². The molecule has 9 nitrogen and oxygen atoms in total. The number of hydrogen-bond acceptors (Lipinski definition) is 5. The molecule has 2 fully saturated rings. The first-order valence-electron chi connectivity index (χ1n) is 13.9. The minimum absolute atomic E-state index is 0.0433. The second-order valence-corrected chi connectivity index (χ2v) is 10.8. The van der Waals surface area contributed by atoms with Gasteiger partial charge in [-0.2, -0.15) is 0 Å². The van der Waals surface area contributed by atoms with E-state index in [4.69, 9.17) is 0 Å². The second kappa shape index (κ2) is 12.0. The third-order valence-corrected chi connectivity index (χ3v) is 8.14. The van der Waals surface area contributed by atoms with E-state index >= 15 is 0 Å². The topological polar surface area (TPSA) is 119 Å². The molecule has 0 saturated carbocycles. The molecular formula is C30H36N4O5. The van der Waals surface area contributed by atoms with Gasteiger partial charge in [0.05, 0.1) is 6.04 Å². The van der Waals surface area contributed by atoms with Crippen LogP contribution in [0.4, 0.5) is 0 Å². The number of rotatable bonds is 8. The summed E-state index contributed by atoms with van der Waals surface area (Å²) in [4.78, 5) is 55.5. The Hall–Kier alpha value is -3.72. The van der Waals surface area contributed by atoms with Gasteiger partial charge in [0.2, 0.25) is 17.7 Å². The normalized spacial score (nSPS) is 23.2. The molecule has 3 N–H and O–H groups in total. The SMILES string of the molecule is O=C(NC(CC(=O)N1Cc2ccccc2CC1C(=O)N1CCCC1C(=O)O)Cc1ccccc1)C1CCCN1. The van der Waals surface area contributed by atoms with Crippen molar-refractivity contribution in [1.82, 2.24) is 20.4 Å². The van der Waals surface area contributed by atoms with Crippen LogP contribution < -0.4 is 10.6 Å². The Morgan fingerprint density at radius 1 is 0.923 bits per heavy atom. The van der Waals surface area contributed by atoms with Crippen LogP contribution in [0.5, 0.6) is 0 Å². The van der Waals surface area contributed by atoms with Crippen molar-refractivity contribution in [1.29, 1.82) is 0 Å². The number of nitrogens with zero attached hydrogens (tertiary/aromatic N) is 2. The van der Waals surface area contributed by atoms with Crippen LogP contribution in [-0.4, -0.2) is 75.9 Å². The molecule has 5 rings (SSSR count). The van der Waals surface area contributed by atoms with E-state index in [-0.39, 0.29) is 36.7 Å². The van der Waals surface area contributed by atoms with Gasteiger partial charge in [0.1, 0.15) is 12.1 Å². The van der Waals surface area contributed by atoms with E-state index < -0.39 is 24.1 Å². The average Bonchev–Trinajstić information content (AvgIpc) is 3.65. The van der Waals surface area contributed by atoms with Crippen molar-refractivity contribution in [2.75, 3.05) is 13.1 Å². The lowest BCUT2D eigenvalue weighted by atomic mass is 9.92. The number of benzene rings is 2. The number of fused-ring (bicyclic) bond motifs is 1. The van der Waals surface area contributed by atoms with E-state index in [0.717, 1.165) is 36.1 Å². The molecule has 0 spiro atoms. The average molecular weight is 533 g/mol. The van der Waals surface area contributed by atoms with Crippen LogP contribution >= 0.6 is 0 Å². The lowest BCUT2D eigenvalue weighted by molar-refractivity contribution is -0.153. The van der Waals surface area contributed by atoms with Crippen LogP contribution in [0, 0.1) is 0 Å². The number of carbonyl (C=O) groups excluding carboxylic acids is 3. The molecule has 9 heteroatoms. The minimum Gasteiger partial charge on any atom is -0.480 e. The van der Waals surface area contributed by atoms with E-state index in [1.807, 2.05) is 54.6 Å². The molecule has 0 bridgehead atoms. The number of hydrogen-bond donors (Lipinski definition) is 3. The highest BCUT2D eigenvalue weighted by molar-refractivity contribution is 5.92. The van der Waals surface area contributed by atoms with Gasteiger partial charge in [0, 0.05) is 32.0 Å². The van der Waals surface area contributed by atoms with Gasteiger partial charge in [-0.05, 0) is 55.3 Å². The molecule has 4 unspecified atom stereocenters. The van der Waals surface area contributed by atoms with E-state index in [1.54, 1.807) is 4.90 Å². The van der Waals surface area contributed by atoms with Gasteiger partial charge in [-0.1, -0.05) is 54.6 Å². The number of nitrogens with one attached hydrogen (secondary N) is 2. The highest BCUT2D eigenvalue weighted by Crippen LogP contribution is 2.28. The predicted molar refractivity (Wildman–Crippen MR) is 145 cm³/mol. The van der Waals surface area contributed by atoms with Crippen LogP contribution in [-0.2, 0) is 38.6 Å². The fourth-order valence-electron chi connectivity index (χ4n) is 6.10. The first-order chi connectivity index (χ1) is 18.9. The summed E-state index contributed by atoms with van der Waals surface area (Å²) < 4.78 is 0. The monoisotopic (exact) mass is 532 g/mol. The van der Waals surface area contributed by atoms with Crippen molar-refractivity contribution in [3.8, 4) is 0 Å². The van der Waals surface area contributed by atoms with Gasteiger partial charge in [0.15, 0.2) is 0 Å². The fraction of sp³-hybridized carbons (Fsp3) is 0.467. The number of amides is 3. The van der Waals surface area contributed by atoms with Gasteiger partial charge in [-0.3, -0.25) is 14.4 Å². The maximum absolute atomic E-state index is 13.9. The molecule has 2 saturated heterocycles. The highest BCUT2D eigenvalue weighted by Gasteiger charge is 2.42. The molecule has 3 amide bonds. The summed E-state index contributed by atoms with van der Waals surface area (Å²) in [6.07, 6.45) is 3.61. The maximum Gasteiger partial charge on any atom is 0.326 e. The minimum atomic E-state index is -1.01. The van der Waals surface area contributed by atoms with Gasteiger partial charge < -0.3 is 25.5 Å². The lowest BCUT2D eigenvalue weighted by Gasteiger charge is -2.39. The Labute approximate surface area is 228 Å². The Bertz CT molecular complexity index is 1210. The molecule has 0 aromatic heterocycles. The second-order valence-electron chi connectivity index (χ2n) is 10.8. The van der Waals surface area contributed by atoms with Crippen LogP contribution in [0.25, 0.3) is 0 Å². The lowest BCUT2D eigenvalue weighted by Crippen LogP contribution is -2.56. The first-order valence-corrected chi connectivity index (χ1v) is 13.9. The number of likely N-dealkylation sites (tertiary alicyclic amines) is 1. The predicted octanol–water partition coefficient (Wildman–Crippen LogP) is 1.89. The molecule has 3 aliphatic rings. The van der Waals surface area contributed by atoms with Crippen molar-refractivity contribution < 1.29 is 24.3 Å². The number of carboxylic acid groups (broad SMARTS) is 1. The summed E-state index contributed by atoms with van der Waals surface area (Å²) in [5, 5.41) is 16.0. The van der Waals surface area contributed by atoms with Crippen LogP contribution in [0.15, 0.2) is 54.6 Å². The molecule has 39 heavy (non-hydrogen) atoms. The summed E-state index contributed by atoms with van der Waals surface area (Å²) in [6.45, 7) is 1.44. The highest BCUT2D eigenvalue weighted by atomic mass is 16.4. The first kappa shape index (κ1) is 26.9. The quantitative estimate of drug-likeness (QED) is 0.478. The van der Waals surface area contributed by atoms with E-state index in [2.05, 4.69) is 10.6 Å². The maximum atomic E-state index is 13.9. The summed E-state index contributed by atoms with van der Waals surface area (Å²) in [6, 6.07) is 15.1. The largest absolute Gasteiger partial charge is 0.480 e. The van der Waals surface area contributed by atoms with Crippen molar-refractivity contribution in [2.24, 2.45) is 0 Å². The third-order valence-electron chi connectivity index (χ3n) is 8.14. The molecule has 2 aromatic carbocycles. The summed E-state index contributed by atoms with van der Waals surface area (Å²) >= 11 is 0. The van der Waals surface area contributed by atoms with Crippen LogP contribution in [0.3, 0.4) is 0 Å². The van der Waals surface area contributed by atoms with Gasteiger partial charge >= 0.3 is 5.97 Å². The van der Waals surface area contributed by atoms with Crippen molar-refractivity contribution in [3.63, 3.8) is 0 Å². The van der Waals surface area contributed by atoms with Crippen LogP contribution in [0.1, 0.15) is 48.8 Å². The smallest absolute Gasteiger partial charge is 0.326 e. The van der Waals surface area contributed by atoms with Crippen molar-refractivity contribution in [3.05, 3.63) is 71.3 Å². The number of aliphatic carboxylic acids is 1. The van der Waals surface area contributed by atoms with Crippen molar-refractivity contribution >= 4 is 23.7 Å². The Balaban J connectivity index is 1.38. The number of carboxylic acids is 1. The summed E-state index contributed by atoms with van der Waals surface area (Å²) in [5.41, 5.74) is 2.98. The van der Waals surface area contributed by atoms with Crippen LogP contribution in [0.2, 0.25) is 0 Å². The summed E-state index contributed by atoms with van der Waals surface area (Å²) in [7, 11) is 0. The van der Waals surface area contributed by atoms with E-state index in [9.17, 15) is 24.3 Å². The molecular weight excluding hydrogens is 496 g/mol. The number of carbonyl (C=O) groups is 4. The molecule has 0 radical (unpaired) electrons. The van der Waals surface area contributed by atoms with E-state index in [1.165, 1.54) is 4.90 Å². The third kappa shape index (κ3) is 6.14. The Kier molecular flexibility index (Phi) is 8.26. The van der Waals surface area contributed by atoms with Gasteiger partial charge in [0.25, 0.3) is 0 Å². The fourth-order valence-corrected chi connectivity index (χ4v) is 6.10. The Morgan fingerprint density at radius 3 is 2.38 bits per heavy atom.